The van der Waals surface area contributed by atoms with Crippen LogP contribution in [0, 0.1) is 0 Å². The molecule has 0 unspecified atom stereocenters. The number of ketones is 1. The molecule has 2 aromatic carbocycles. The van der Waals surface area contributed by atoms with Crippen molar-refractivity contribution in [3.8, 4) is 5.75 Å². The number of hydrogen-bond acceptors (Lipinski definition) is 5. The van der Waals surface area contributed by atoms with Gasteiger partial charge in [-0.15, -0.1) is 11.3 Å². The van der Waals surface area contributed by atoms with Gasteiger partial charge in [0.25, 0.3) is 0 Å². The van der Waals surface area contributed by atoms with Crippen LogP contribution in [0.2, 0.25) is 0 Å². The molecular formula is C19H18O4S. The molecule has 0 radical (unpaired) electrons. The van der Waals surface area contributed by atoms with Crippen LogP contribution < -0.4 is 10.2 Å². The van der Waals surface area contributed by atoms with E-state index in [9.17, 15) is 9.59 Å². The van der Waals surface area contributed by atoms with E-state index in [0.717, 1.165) is 9.40 Å². The van der Waals surface area contributed by atoms with Crippen molar-refractivity contribution in [1.82, 2.24) is 0 Å². The van der Waals surface area contributed by atoms with E-state index in [1.54, 1.807) is 37.3 Å². The zero-order valence-electron chi connectivity index (χ0n) is 13.8. The smallest absolute Gasteiger partial charge is 0.201 e. The van der Waals surface area contributed by atoms with Crippen LogP contribution in [-0.2, 0) is 9.53 Å². The fraction of sp³-hybridized carbons (Fsp3) is 0.263. The third-order valence-electron chi connectivity index (χ3n) is 4.10. The minimum Gasteiger partial charge on any atom is -0.486 e. The lowest BCUT2D eigenvalue weighted by Crippen LogP contribution is -2.37. The van der Waals surface area contributed by atoms with E-state index in [2.05, 4.69) is 0 Å². The zero-order valence-corrected chi connectivity index (χ0v) is 14.6. The van der Waals surface area contributed by atoms with Crippen LogP contribution in [0.4, 0.5) is 0 Å². The first-order valence-corrected chi connectivity index (χ1v) is 8.41. The number of hydrogen-bond donors (Lipinski definition) is 0. The number of benzene rings is 2. The SMILES string of the molecule is COC(C)(C)C(=O)COc1ccc2sc3ccccc3c(=O)c2c1. The van der Waals surface area contributed by atoms with Crippen molar-refractivity contribution < 1.29 is 14.3 Å². The Labute approximate surface area is 143 Å². The molecule has 0 fully saturated rings. The van der Waals surface area contributed by atoms with Crippen LogP contribution in [0.1, 0.15) is 13.8 Å². The molecule has 3 aromatic rings. The van der Waals surface area contributed by atoms with Gasteiger partial charge >= 0.3 is 0 Å². The van der Waals surface area contributed by atoms with Gasteiger partial charge in [-0.25, -0.2) is 0 Å². The Morgan fingerprint density at radius 2 is 1.79 bits per heavy atom. The van der Waals surface area contributed by atoms with Crippen LogP contribution in [0.5, 0.6) is 5.75 Å². The van der Waals surface area contributed by atoms with Crippen LogP contribution in [0.25, 0.3) is 20.2 Å². The summed E-state index contributed by atoms with van der Waals surface area (Å²) in [5.41, 5.74) is -0.910. The van der Waals surface area contributed by atoms with E-state index in [4.69, 9.17) is 9.47 Å². The normalized spacial score (nSPS) is 11.8. The van der Waals surface area contributed by atoms with Crippen molar-refractivity contribution in [3.05, 3.63) is 52.7 Å². The molecule has 1 aromatic heterocycles. The molecule has 0 saturated carbocycles. The highest BCUT2D eigenvalue weighted by atomic mass is 32.1. The molecule has 24 heavy (non-hydrogen) atoms. The molecule has 0 bridgehead atoms. The monoisotopic (exact) mass is 342 g/mol. The van der Waals surface area contributed by atoms with Gasteiger partial charge in [-0.2, -0.15) is 0 Å². The highest BCUT2D eigenvalue weighted by molar-refractivity contribution is 7.24. The van der Waals surface area contributed by atoms with Crippen LogP contribution >= 0.6 is 11.3 Å². The minimum atomic E-state index is -0.890. The topological polar surface area (TPSA) is 52.6 Å². The predicted molar refractivity (Wildman–Crippen MR) is 97.2 cm³/mol. The fourth-order valence-electron chi connectivity index (χ4n) is 2.31. The van der Waals surface area contributed by atoms with E-state index in [-0.39, 0.29) is 17.8 Å². The Bertz CT molecular complexity index is 972. The third kappa shape index (κ3) is 3.05. The van der Waals surface area contributed by atoms with E-state index < -0.39 is 5.60 Å². The molecule has 0 saturated heterocycles. The molecule has 124 valence electrons. The Hall–Kier alpha value is -2.24. The number of carbonyl (C=O) groups is 1. The molecule has 0 aliphatic carbocycles. The summed E-state index contributed by atoms with van der Waals surface area (Å²) < 4.78 is 12.6. The molecule has 1 heterocycles. The number of ether oxygens (including phenoxy) is 2. The number of fused-ring (bicyclic) bond motifs is 2. The van der Waals surface area contributed by atoms with Gasteiger partial charge in [-0.3, -0.25) is 9.59 Å². The van der Waals surface area contributed by atoms with Gasteiger partial charge in [0.2, 0.25) is 5.78 Å². The summed E-state index contributed by atoms with van der Waals surface area (Å²) >= 11 is 1.56. The van der Waals surface area contributed by atoms with Crippen LogP contribution in [0.15, 0.2) is 47.3 Å². The first-order chi connectivity index (χ1) is 11.4. The predicted octanol–water partition coefficient (Wildman–Crippen LogP) is 3.79. The summed E-state index contributed by atoms with van der Waals surface area (Å²) in [7, 11) is 1.49. The van der Waals surface area contributed by atoms with Crippen molar-refractivity contribution in [2.24, 2.45) is 0 Å². The first-order valence-electron chi connectivity index (χ1n) is 7.59. The van der Waals surface area contributed by atoms with Gasteiger partial charge in [-0.1, -0.05) is 12.1 Å². The van der Waals surface area contributed by atoms with Gasteiger partial charge in [0, 0.05) is 27.3 Å². The fourth-order valence-corrected chi connectivity index (χ4v) is 3.36. The Kier molecular flexibility index (Phi) is 4.39. The second-order valence-corrected chi connectivity index (χ2v) is 7.10. The van der Waals surface area contributed by atoms with E-state index in [1.165, 1.54) is 7.11 Å². The minimum absolute atomic E-state index is 0.0200. The largest absolute Gasteiger partial charge is 0.486 e. The molecule has 0 aliphatic heterocycles. The van der Waals surface area contributed by atoms with Crippen LogP contribution in [0.3, 0.4) is 0 Å². The first kappa shape index (κ1) is 16.6. The summed E-state index contributed by atoms with van der Waals surface area (Å²) in [6.45, 7) is 3.29. The summed E-state index contributed by atoms with van der Waals surface area (Å²) in [5.74, 6) is 0.344. The second kappa shape index (κ2) is 6.34. The summed E-state index contributed by atoms with van der Waals surface area (Å²) in [6.07, 6.45) is 0. The summed E-state index contributed by atoms with van der Waals surface area (Å²) in [6, 6.07) is 12.9. The van der Waals surface area contributed by atoms with Gasteiger partial charge < -0.3 is 9.47 Å². The lowest BCUT2D eigenvalue weighted by molar-refractivity contribution is -0.139. The van der Waals surface area contributed by atoms with E-state index in [0.29, 0.717) is 16.5 Å². The molecule has 5 heteroatoms. The number of Topliss-reactive ketones (excluding diaryl/α,β-unsaturated/α-hetero) is 1. The van der Waals surface area contributed by atoms with Crippen molar-refractivity contribution in [2.75, 3.05) is 13.7 Å². The molecule has 0 N–H and O–H groups in total. The van der Waals surface area contributed by atoms with E-state index in [1.807, 2.05) is 30.3 Å². The molecule has 4 nitrogen and oxygen atoms in total. The van der Waals surface area contributed by atoms with Crippen molar-refractivity contribution in [1.29, 1.82) is 0 Å². The van der Waals surface area contributed by atoms with Crippen molar-refractivity contribution in [2.45, 2.75) is 19.4 Å². The van der Waals surface area contributed by atoms with Gasteiger partial charge in [0.1, 0.15) is 18.0 Å². The van der Waals surface area contributed by atoms with Crippen molar-refractivity contribution >= 4 is 37.3 Å². The average Bonchev–Trinajstić information content (AvgIpc) is 2.60. The standard InChI is InChI=1S/C19H18O4S/c1-19(2,22-3)17(20)11-23-12-8-9-16-14(10-12)18(21)13-6-4-5-7-15(13)24-16/h4-10H,11H2,1-3H3. The second-order valence-electron chi connectivity index (χ2n) is 6.01. The quantitative estimate of drug-likeness (QED) is 0.662. The molecule has 0 aliphatic rings. The third-order valence-corrected chi connectivity index (χ3v) is 5.25. The summed E-state index contributed by atoms with van der Waals surface area (Å²) in [5, 5.41) is 1.30. The number of methoxy groups -OCH3 is 1. The zero-order chi connectivity index (χ0) is 17.3. The maximum absolute atomic E-state index is 12.6. The van der Waals surface area contributed by atoms with Crippen LogP contribution in [-0.4, -0.2) is 25.1 Å². The molecule has 0 spiro atoms. The molecule has 3 rings (SSSR count). The van der Waals surface area contributed by atoms with E-state index >= 15 is 0 Å². The average molecular weight is 342 g/mol. The lowest BCUT2D eigenvalue weighted by atomic mass is 10.0. The number of rotatable bonds is 5. The maximum Gasteiger partial charge on any atom is 0.201 e. The summed E-state index contributed by atoms with van der Waals surface area (Å²) in [4.78, 5) is 24.7. The highest BCUT2D eigenvalue weighted by Gasteiger charge is 2.27. The molecule has 0 atom stereocenters. The Morgan fingerprint density at radius 3 is 2.54 bits per heavy atom. The maximum atomic E-state index is 12.6. The van der Waals surface area contributed by atoms with Gasteiger partial charge in [0.05, 0.1) is 0 Å². The number of carbonyl (C=O) groups excluding carboxylic acids is 1. The van der Waals surface area contributed by atoms with Gasteiger partial charge in [-0.05, 0) is 44.2 Å². The van der Waals surface area contributed by atoms with Crippen molar-refractivity contribution in [3.63, 3.8) is 0 Å². The molecule has 0 amide bonds. The lowest BCUT2D eigenvalue weighted by Gasteiger charge is -2.21. The Balaban J connectivity index is 1.94. The Morgan fingerprint density at radius 1 is 1.08 bits per heavy atom. The molecular weight excluding hydrogens is 324 g/mol. The highest BCUT2D eigenvalue weighted by Crippen LogP contribution is 2.27. The van der Waals surface area contributed by atoms with Gasteiger partial charge in [0.15, 0.2) is 5.43 Å².